The third kappa shape index (κ3) is 7.77. The number of hydrogen-bond acceptors (Lipinski definition) is 5. The summed E-state index contributed by atoms with van der Waals surface area (Å²) >= 11 is 0. The van der Waals surface area contributed by atoms with Crippen LogP contribution in [-0.4, -0.2) is 37.9 Å². The molecule has 0 saturated heterocycles. The summed E-state index contributed by atoms with van der Waals surface area (Å²) in [6.07, 6.45) is 0.909. The van der Waals surface area contributed by atoms with Crippen molar-refractivity contribution in [2.24, 2.45) is 16.6 Å². The number of methoxy groups -OCH3 is 2. The van der Waals surface area contributed by atoms with Crippen LogP contribution in [0.5, 0.6) is 11.5 Å². The molecule has 0 aliphatic carbocycles. The third-order valence-corrected chi connectivity index (χ3v) is 4.63. The van der Waals surface area contributed by atoms with Gasteiger partial charge in [0.2, 0.25) is 5.91 Å². The van der Waals surface area contributed by atoms with Gasteiger partial charge >= 0.3 is 0 Å². The first-order valence-corrected chi connectivity index (χ1v) is 10.2. The second kappa shape index (κ2) is 11.7. The lowest BCUT2D eigenvalue weighted by Gasteiger charge is -2.15. The number of hydrogen-bond donors (Lipinski definition) is 2. The molecule has 2 rings (SSSR count). The van der Waals surface area contributed by atoms with Crippen molar-refractivity contribution in [2.45, 2.75) is 39.2 Å². The zero-order valence-corrected chi connectivity index (χ0v) is 18.6. The van der Waals surface area contributed by atoms with Crippen LogP contribution < -0.4 is 20.5 Å². The molecule has 0 aromatic heterocycles. The van der Waals surface area contributed by atoms with Gasteiger partial charge in [-0.25, -0.2) is 4.99 Å². The Balaban J connectivity index is 2.09. The fourth-order valence-corrected chi connectivity index (χ4v) is 3.17. The van der Waals surface area contributed by atoms with Crippen LogP contribution in [0, 0.1) is 5.92 Å². The van der Waals surface area contributed by atoms with Crippen LogP contribution >= 0.6 is 0 Å². The van der Waals surface area contributed by atoms with E-state index in [2.05, 4.69) is 10.3 Å². The molecule has 0 heterocycles. The molecule has 2 aromatic rings. The smallest absolute Gasteiger partial charge is 0.231 e. The molecule has 7 nitrogen and oxygen atoms in total. The summed E-state index contributed by atoms with van der Waals surface area (Å²) in [5, 5.41) is 2.58. The van der Waals surface area contributed by atoms with Crippen LogP contribution in [0.15, 0.2) is 53.5 Å². The maximum atomic E-state index is 12.7. The molecule has 0 unspecified atom stereocenters. The van der Waals surface area contributed by atoms with Crippen LogP contribution in [0.25, 0.3) is 0 Å². The predicted molar refractivity (Wildman–Crippen MR) is 121 cm³/mol. The van der Waals surface area contributed by atoms with E-state index in [-0.39, 0.29) is 30.0 Å². The molecular formula is C24H31N3O4. The van der Waals surface area contributed by atoms with E-state index in [0.29, 0.717) is 24.3 Å². The number of nitrogens with zero attached hydrogens (tertiary/aromatic N) is 1. The van der Waals surface area contributed by atoms with E-state index in [4.69, 9.17) is 15.2 Å². The van der Waals surface area contributed by atoms with Gasteiger partial charge in [0.05, 0.1) is 20.6 Å². The normalized spacial score (nSPS) is 12.4. The number of ether oxygens (including phenoxy) is 2. The topological polar surface area (TPSA) is 103 Å². The first-order chi connectivity index (χ1) is 14.8. The van der Waals surface area contributed by atoms with Gasteiger partial charge in [-0.05, 0) is 29.2 Å². The summed E-state index contributed by atoms with van der Waals surface area (Å²) in [5.41, 5.74) is 7.69. The SMILES string of the molecule is COc1ccc(CC(=O)NC(N)=N[C@H](Cc2ccccc2)C(=O)CC(C)C)cc1OC. The molecule has 0 saturated carbocycles. The number of guanidine groups is 1. The van der Waals surface area contributed by atoms with Gasteiger partial charge in [0, 0.05) is 12.8 Å². The fraction of sp³-hybridized carbons (Fsp3) is 0.375. The molecule has 1 atom stereocenters. The summed E-state index contributed by atoms with van der Waals surface area (Å²) in [4.78, 5) is 29.5. The molecule has 0 aliphatic rings. The van der Waals surface area contributed by atoms with E-state index < -0.39 is 6.04 Å². The first kappa shape index (κ1) is 23.9. The second-order valence-electron chi connectivity index (χ2n) is 7.70. The van der Waals surface area contributed by atoms with E-state index in [1.165, 1.54) is 7.11 Å². The lowest BCUT2D eigenvalue weighted by atomic mass is 9.97. The molecule has 31 heavy (non-hydrogen) atoms. The molecule has 0 spiro atoms. The van der Waals surface area contributed by atoms with Crippen LogP contribution in [-0.2, 0) is 22.4 Å². The summed E-state index contributed by atoms with van der Waals surface area (Å²) in [6.45, 7) is 3.96. The van der Waals surface area contributed by atoms with Gasteiger partial charge in [-0.1, -0.05) is 50.2 Å². The van der Waals surface area contributed by atoms with Gasteiger partial charge < -0.3 is 15.2 Å². The fourth-order valence-electron chi connectivity index (χ4n) is 3.17. The number of rotatable bonds is 10. The highest BCUT2D eigenvalue weighted by Gasteiger charge is 2.20. The van der Waals surface area contributed by atoms with Crippen molar-refractivity contribution in [2.75, 3.05) is 14.2 Å². The molecule has 0 fully saturated rings. The van der Waals surface area contributed by atoms with Crippen LogP contribution in [0.3, 0.4) is 0 Å². The Hall–Kier alpha value is -3.35. The van der Waals surface area contributed by atoms with Crippen molar-refractivity contribution in [3.05, 3.63) is 59.7 Å². The third-order valence-electron chi connectivity index (χ3n) is 4.63. The lowest BCUT2D eigenvalue weighted by molar-refractivity contribution is -0.121. The quantitative estimate of drug-likeness (QED) is 0.450. The predicted octanol–water partition coefficient (Wildman–Crippen LogP) is 2.90. The molecule has 0 bridgehead atoms. The van der Waals surface area contributed by atoms with E-state index >= 15 is 0 Å². The van der Waals surface area contributed by atoms with Gasteiger partial charge in [0.1, 0.15) is 6.04 Å². The minimum atomic E-state index is -0.647. The Kier molecular flexibility index (Phi) is 9.06. The van der Waals surface area contributed by atoms with Crippen molar-refractivity contribution in [1.29, 1.82) is 0 Å². The van der Waals surface area contributed by atoms with E-state index in [1.807, 2.05) is 44.2 Å². The number of nitrogens with one attached hydrogen (secondary N) is 1. The van der Waals surface area contributed by atoms with Gasteiger partial charge in [-0.3, -0.25) is 14.9 Å². The minimum absolute atomic E-state index is 0.00376. The van der Waals surface area contributed by atoms with Gasteiger partial charge in [-0.2, -0.15) is 0 Å². The molecular weight excluding hydrogens is 394 g/mol. The molecule has 2 aromatic carbocycles. The van der Waals surface area contributed by atoms with Crippen molar-refractivity contribution in [3.63, 3.8) is 0 Å². The number of Topliss-reactive ketones (excluding diaryl/α,β-unsaturated/α-hetero) is 1. The number of nitrogens with two attached hydrogens (primary N) is 1. The summed E-state index contributed by atoms with van der Waals surface area (Å²) in [5.74, 6) is 0.932. The number of carbonyl (C=O) groups excluding carboxylic acids is 2. The average molecular weight is 426 g/mol. The number of ketones is 1. The van der Waals surface area contributed by atoms with Crippen LogP contribution in [0.4, 0.5) is 0 Å². The molecule has 7 heteroatoms. The average Bonchev–Trinajstić information content (AvgIpc) is 2.73. The summed E-state index contributed by atoms with van der Waals surface area (Å²) in [7, 11) is 3.08. The highest BCUT2D eigenvalue weighted by Crippen LogP contribution is 2.27. The highest BCUT2D eigenvalue weighted by molar-refractivity contribution is 5.98. The van der Waals surface area contributed by atoms with Crippen molar-refractivity contribution in [3.8, 4) is 11.5 Å². The zero-order chi connectivity index (χ0) is 22.8. The summed E-state index contributed by atoms with van der Waals surface area (Å²) < 4.78 is 10.5. The standard InChI is InChI=1S/C24H31N3O4/c1-16(2)12-20(28)19(13-17-8-6-5-7-9-17)26-24(25)27-23(29)15-18-10-11-21(30-3)22(14-18)31-4/h5-11,14,16,19H,12-13,15H2,1-4H3,(H3,25,26,27,29)/t19-/m1/s1. The van der Waals surface area contributed by atoms with Crippen molar-refractivity contribution < 1.29 is 19.1 Å². The van der Waals surface area contributed by atoms with Crippen LogP contribution in [0.2, 0.25) is 0 Å². The Morgan fingerprint density at radius 3 is 2.29 bits per heavy atom. The molecule has 1 amide bonds. The van der Waals surface area contributed by atoms with E-state index in [1.54, 1.807) is 25.3 Å². The van der Waals surface area contributed by atoms with Gasteiger partial charge in [0.25, 0.3) is 0 Å². The largest absolute Gasteiger partial charge is 0.493 e. The van der Waals surface area contributed by atoms with Crippen molar-refractivity contribution >= 4 is 17.6 Å². The maximum Gasteiger partial charge on any atom is 0.231 e. The van der Waals surface area contributed by atoms with Gasteiger partial charge in [-0.15, -0.1) is 0 Å². The van der Waals surface area contributed by atoms with Crippen molar-refractivity contribution in [1.82, 2.24) is 5.32 Å². The monoisotopic (exact) mass is 425 g/mol. The number of aliphatic imine (C=N–C) groups is 1. The first-order valence-electron chi connectivity index (χ1n) is 10.2. The number of carbonyl (C=O) groups is 2. The summed E-state index contributed by atoms with van der Waals surface area (Å²) in [6, 6.07) is 14.2. The second-order valence-corrected chi connectivity index (χ2v) is 7.70. The van der Waals surface area contributed by atoms with Crippen LogP contribution in [0.1, 0.15) is 31.4 Å². The zero-order valence-electron chi connectivity index (χ0n) is 18.6. The highest BCUT2D eigenvalue weighted by atomic mass is 16.5. The molecule has 166 valence electrons. The number of benzene rings is 2. The van der Waals surface area contributed by atoms with E-state index in [0.717, 1.165) is 11.1 Å². The Morgan fingerprint density at radius 2 is 1.68 bits per heavy atom. The minimum Gasteiger partial charge on any atom is -0.493 e. The molecule has 3 N–H and O–H groups in total. The molecule has 0 radical (unpaired) electrons. The Bertz CT molecular complexity index is 910. The molecule has 0 aliphatic heterocycles. The number of amides is 1. The lowest BCUT2D eigenvalue weighted by Crippen LogP contribution is -2.40. The maximum absolute atomic E-state index is 12.7. The Labute approximate surface area is 183 Å². The van der Waals surface area contributed by atoms with Gasteiger partial charge in [0.15, 0.2) is 23.2 Å². The van der Waals surface area contributed by atoms with E-state index in [9.17, 15) is 9.59 Å². The Morgan fingerprint density at radius 1 is 1.00 bits per heavy atom.